The Morgan fingerprint density at radius 2 is 1.70 bits per heavy atom. The van der Waals surface area contributed by atoms with Crippen molar-refractivity contribution in [2.45, 2.75) is 51.5 Å². The Kier molecular flexibility index (Phi) is 13.1. The quantitative estimate of drug-likeness (QED) is 0.0667. The van der Waals surface area contributed by atoms with Crippen molar-refractivity contribution >= 4 is 35.2 Å². The molecule has 11 heteroatoms. The molecule has 5 N–H and O–H groups in total. The molecule has 0 saturated heterocycles. The third-order valence-corrected chi connectivity index (χ3v) is 8.34. The van der Waals surface area contributed by atoms with Gasteiger partial charge in [-0.05, 0) is 60.0 Å². The molecule has 4 aromatic rings. The van der Waals surface area contributed by atoms with Gasteiger partial charge in [-0.1, -0.05) is 63.3 Å². The molecule has 2 amide bonds. The number of thiazole rings is 1. The van der Waals surface area contributed by atoms with E-state index in [-0.39, 0.29) is 5.91 Å². The zero-order chi connectivity index (χ0) is 32.7. The summed E-state index contributed by atoms with van der Waals surface area (Å²) < 4.78 is 5.52. The molecule has 0 aliphatic rings. The Morgan fingerprint density at radius 3 is 2.37 bits per heavy atom. The number of aliphatic carboxylic acids is 1. The highest BCUT2D eigenvalue weighted by Crippen LogP contribution is 2.40. The lowest BCUT2D eigenvalue weighted by molar-refractivity contribution is -0.143. The lowest BCUT2D eigenvalue weighted by Crippen LogP contribution is -2.45. The van der Waals surface area contributed by atoms with Crippen LogP contribution in [0.2, 0.25) is 0 Å². The van der Waals surface area contributed by atoms with Crippen LogP contribution in [0.15, 0.2) is 72.9 Å². The van der Waals surface area contributed by atoms with Gasteiger partial charge < -0.3 is 30.6 Å². The third-order valence-electron chi connectivity index (χ3n) is 7.20. The van der Waals surface area contributed by atoms with E-state index >= 15 is 0 Å². The van der Waals surface area contributed by atoms with Crippen molar-refractivity contribution in [1.82, 2.24) is 20.6 Å². The summed E-state index contributed by atoms with van der Waals surface area (Å²) in [4.78, 5) is 44.4. The van der Waals surface area contributed by atoms with Gasteiger partial charge in [-0.2, -0.15) is 0 Å². The van der Waals surface area contributed by atoms with Crippen molar-refractivity contribution in [1.29, 1.82) is 0 Å². The molecule has 0 unspecified atom stereocenters. The molecule has 0 bridgehead atoms. The number of aliphatic hydroxyl groups excluding tert-OH is 1. The monoisotopic (exact) mass is 644 g/mol. The smallest absolute Gasteiger partial charge is 0.328 e. The fourth-order valence-corrected chi connectivity index (χ4v) is 5.74. The van der Waals surface area contributed by atoms with E-state index in [1.165, 1.54) is 25.7 Å². The molecular weight excluding hydrogens is 604 g/mol. The second kappa shape index (κ2) is 17.7. The highest BCUT2D eigenvalue weighted by atomic mass is 32.1. The van der Waals surface area contributed by atoms with Crippen molar-refractivity contribution in [2.24, 2.45) is 0 Å². The Bertz CT molecular complexity index is 1580. The zero-order valence-corrected chi connectivity index (χ0v) is 26.6. The number of nitrogens with one attached hydrogen (secondary N) is 3. The molecule has 46 heavy (non-hydrogen) atoms. The van der Waals surface area contributed by atoms with E-state index in [0.717, 1.165) is 50.8 Å². The van der Waals surface area contributed by atoms with E-state index < -0.39 is 31.1 Å². The maximum absolute atomic E-state index is 12.3. The molecule has 0 fully saturated rings. The number of carbonyl (C=O) groups excluding carboxylic acids is 2. The fourth-order valence-electron chi connectivity index (χ4n) is 4.66. The van der Waals surface area contributed by atoms with Gasteiger partial charge >= 0.3 is 5.97 Å². The van der Waals surface area contributed by atoms with Gasteiger partial charge in [-0.25, -0.2) is 9.78 Å². The van der Waals surface area contributed by atoms with Crippen LogP contribution < -0.4 is 15.4 Å². The maximum atomic E-state index is 12.3. The minimum atomic E-state index is -1.39. The van der Waals surface area contributed by atoms with Crippen LogP contribution in [0.25, 0.3) is 38.5 Å². The molecule has 4 rings (SSSR count). The number of ether oxygens (including phenoxy) is 1. The third kappa shape index (κ3) is 10.1. The van der Waals surface area contributed by atoms with Crippen molar-refractivity contribution in [3.8, 4) is 38.1 Å². The predicted octanol–water partition coefficient (Wildman–Crippen LogP) is 5.90. The van der Waals surface area contributed by atoms with Crippen LogP contribution in [0.4, 0.5) is 0 Å². The summed E-state index contributed by atoms with van der Waals surface area (Å²) in [6.45, 7) is 1.77. The van der Waals surface area contributed by atoms with Crippen LogP contribution in [0.1, 0.15) is 51.0 Å². The number of carboxylic acids is 1. The molecule has 0 radical (unpaired) electrons. The van der Waals surface area contributed by atoms with E-state index in [2.05, 4.69) is 22.5 Å². The first-order valence-corrected chi connectivity index (χ1v) is 16.3. The molecule has 2 heterocycles. The summed E-state index contributed by atoms with van der Waals surface area (Å²) in [5, 5.41) is 24.1. The fraction of sp³-hybridized carbons (Fsp3) is 0.314. The van der Waals surface area contributed by atoms with Crippen molar-refractivity contribution < 1.29 is 29.3 Å². The summed E-state index contributed by atoms with van der Waals surface area (Å²) in [7, 11) is 0. The Hall–Kier alpha value is -4.74. The largest absolute Gasteiger partial charge is 0.484 e. The first-order valence-electron chi connectivity index (χ1n) is 15.4. The average Bonchev–Trinajstić information content (AvgIpc) is 3.76. The van der Waals surface area contributed by atoms with Gasteiger partial charge in [0.25, 0.3) is 5.91 Å². The summed E-state index contributed by atoms with van der Waals surface area (Å²) in [5.41, 5.74) is 4.41. The standard InChI is InChI=1S/C35H40N4O6S/c1-2-3-4-5-6-7-20-37-30(41)19-12-24-10-13-26(14-11-24)33-32(39-34(46-33)28-9-8-21-36-28)25-15-17-27(18-16-25)45-23-31(42)38-29(22-40)35(43)44/h8-19,21,29,36,40H,2-7,20,22-23H2,1H3,(H,37,41)(H,38,42)(H,43,44)/t29-/m0/s1. The number of aliphatic hydroxyl groups is 1. The van der Waals surface area contributed by atoms with Crippen molar-refractivity contribution in [3.05, 3.63) is 78.5 Å². The Balaban J connectivity index is 1.42. The Morgan fingerprint density at radius 1 is 0.978 bits per heavy atom. The first-order chi connectivity index (χ1) is 22.4. The molecule has 1 atom stereocenters. The first kappa shape index (κ1) is 34.1. The number of nitrogens with zero attached hydrogens (tertiary/aromatic N) is 1. The second-order valence-electron chi connectivity index (χ2n) is 10.7. The van der Waals surface area contributed by atoms with Crippen molar-refractivity contribution in [3.63, 3.8) is 0 Å². The predicted molar refractivity (Wildman–Crippen MR) is 180 cm³/mol. The molecule has 10 nitrogen and oxygen atoms in total. The van der Waals surface area contributed by atoms with Gasteiger partial charge in [-0.15, -0.1) is 11.3 Å². The second-order valence-corrected chi connectivity index (χ2v) is 11.7. The number of benzene rings is 2. The molecule has 0 aliphatic carbocycles. The molecule has 242 valence electrons. The topological polar surface area (TPSA) is 154 Å². The number of rotatable bonds is 18. The van der Waals surface area contributed by atoms with Gasteiger partial charge in [0.2, 0.25) is 5.91 Å². The van der Waals surface area contributed by atoms with Gasteiger partial charge in [0.1, 0.15) is 16.8 Å². The van der Waals surface area contributed by atoms with Crippen LogP contribution in [-0.2, 0) is 14.4 Å². The molecular formula is C35H40N4O6S. The normalized spacial score (nSPS) is 11.8. The number of aromatic amines is 1. The summed E-state index contributed by atoms with van der Waals surface area (Å²) in [5.74, 6) is -1.66. The number of amides is 2. The van der Waals surface area contributed by atoms with E-state index in [1.54, 1.807) is 29.5 Å². The molecule has 0 spiro atoms. The molecule has 2 aromatic heterocycles. The maximum Gasteiger partial charge on any atom is 0.328 e. The Labute approximate surface area is 272 Å². The lowest BCUT2D eigenvalue weighted by Gasteiger charge is -2.12. The number of H-pyrrole nitrogens is 1. The van der Waals surface area contributed by atoms with Crippen LogP contribution in [0.5, 0.6) is 5.75 Å². The highest BCUT2D eigenvalue weighted by Gasteiger charge is 2.19. The van der Waals surface area contributed by atoms with E-state index in [9.17, 15) is 14.4 Å². The molecule has 2 aromatic carbocycles. The van der Waals surface area contributed by atoms with Gasteiger partial charge in [0, 0.05) is 24.4 Å². The highest BCUT2D eigenvalue weighted by molar-refractivity contribution is 7.18. The number of hydrogen-bond acceptors (Lipinski definition) is 7. The van der Waals surface area contributed by atoms with E-state index in [4.69, 9.17) is 19.9 Å². The molecule has 0 aliphatic heterocycles. The number of carboxylic acid groups (broad SMARTS) is 1. The van der Waals surface area contributed by atoms with Gasteiger partial charge in [0.15, 0.2) is 6.61 Å². The van der Waals surface area contributed by atoms with Crippen LogP contribution in [-0.4, -0.2) is 63.8 Å². The van der Waals surface area contributed by atoms with Gasteiger partial charge in [-0.3, -0.25) is 9.59 Å². The zero-order valence-electron chi connectivity index (χ0n) is 25.8. The number of carbonyl (C=O) groups is 3. The summed E-state index contributed by atoms with van der Waals surface area (Å²) >= 11 is 1.56. The average molecular weight is 645 g/mol. The SMILES string of the molecule is CCCCCCCCNC(=O)C=Cc1ccc(-c2sc(-c3ccc[nH]3)nc2-c2ccc(OCC(=O)N[C@@H](CO)C(=O)O)cc2)cc1. The van der Waals surface area contributed by atoms with Crippen LogP contribution >= 0.6 is 11.3 Å². The number of hydrogen-bond donors (Lipinski definition) is 5. The van der Waals surface area contributed by atoms with E-state index in [0.29, 0.717) is 12.3 Å². The number of unbranched alkanes of at least 4 members (excludes halogenated alkanes) is 5. The van der Waals surface area contributed by atoms with Crippen LogP contribution in [0, 0.1) is 0 Å². The minimum Gasteiger partial charge on any atom is -0.484 e. The van der Waals surface area contributed by atoms with Gasteiger partial charge in [0.05, 0.1) is 22.9 Å². The summed E-state index contributed by atoms with van der Waals surface area (Å²) in [6, 6.07) is 17.6. The summed E-state index contributed by atoms with van der Waals surface area (Å²) in [6.07, 6.45) is 12.3. The van der Waals surface area contributed by atoms with Crippen molar-refractivity contribution in [2.75, 3.05) is 19.8 Å². The molecule has 0 saturated carbocycles. The van der Waals surface area contributed by atoms with E-state index in [1.807, 2.05) is 60.8 Å². The minimum absolute atomic E-state index is 0.0966. The van der Waals surface area contributed by atoms with Crippen LogP contribution in [0.3, 0.4) is 0 Å². The number of aromatic nitrogens is 2. The lowest BCUT2D eigenvalue weighted by atomic mass is 10.0.